The predicted octanol–water partition coefficient (Wildman–Crippen LogP) is 5.41. The fraction of sp³-hybridized carbons (Fsp3) is 0.250. The summed E-state index contributed by atoms with van der Waals surface area (Å²) in [6.07, 6.45) is 10.2. The van der Waals surface area contributed by atoms with Crippen molar-refractivity contribution >= 4 is 34.5 Å². The summed E-state index contributed by atoms with van der Waals surface area (Å²) < 4.78 is 2.20. The van der Waals surface area contributed by atoms with Crippen LogP contribution in [-0.2, 0) is 31.2 Å². The number of aromatic amines is 1. The highest BCUT2D eigenvalue weighted by molar-refractivity contribution is 6.31. The number of aryl methyl sites for hydroxylation is 2. The number of hydrogen-bond donors (Lipinski definition) is 3. The Bertz CT molecular complexity index is 1390. The van der Waals surface area contributed by atoms with Crippen LogP contribution < -0.4 is 5.48 Å². The maximum atomic E-state index is 11.3. The number of hydrogen-bond acceptors (Lipinski definition) is 3. The van der Waals surface area contributed by atoms with E-state index in [9.17, 15) is 4.79 Å². The zero-order valence-electron chi connectivity index (χ0n) is 19.7. The first-order valence-corrected chi connectivity index (χ1v) is 12.2. The van der Waals surface area contributed by atoms with Crippen molar-refractivity contribution in [2.24, 2.45) is 7.05 Å². The van der Waals surface area contributed by atoms with Crippen LogP contribution in [0.3, 0.4) is 0 Å². The van der Waals surface area contributed by atoms with Gasteiger partial charge in [-0.1, -0.05) is 48.0 Å². The van der Waals surface area contributed by atoms with Gasteiger partial charge in [0, 0.05) is 61.2 Å². The van der Waals surface area contributed by atoms with Gasteiger partial charge in [0.05, 0.1) is 5.02 Å². The molecular weight excluding hydrogens is 460 g/mol. The van der Waals surface area contributed by atoms with Crippen molar-refractivity contribution in [3.63, 3.8) is 0 Å². The minimum Gasteiger partial charge on any atom is -0.363 e. The molecule has 6 nitrogen and oxygen atoms in total. The van der Waals surface area contributed by atoms with E-state index in [1.165, 1.54) is 33.7 Å². The summed E-state index contributed by atoms with van der Waals surface area (Å²) in [6.45, 7) is 1.66. The number of nitrogens with zero attached hydrogens (tertiary/aromatic N) is 2. The number of para-hydroxylation sites is 1. The molecule has 1 aliphatic carbocycles. The maximum absolute atomic E-state index is 11.3. The lowest BCUT2D eigenvalue weighted by Gasteiger charge is -2.29. The lowest BCUT2D eigenvalue weighted by molar-refractivity contribution is -0.124. The lowest BCUT2D eigenvalue weighted by atomic mass is 10.0. The van der Waals surface area contributed by atoms with E-state index >= 15 is 0 Å². The predicted molar refractivity (Wildman–Crippen MR) is 139 cm³/mol. The number of amides is 1. The third-order valence-corrected chi connectivity index (χ3v) is 7.33. The van der Waals surface area contributed by atoms with E-state index in [2.05, 4.69) is 64.1 Å². The Kier molecular flexibility index (Phi) is 6.77. The summed E-state index contributed by atoms with van der Waals surface area (Å²) in [5.74, 6) is -0.536. The zero-order valence-corrected chi connectivity index (χ0v) is 20.4. The molecule has 3 N–H and O–H groups in total. The normalized spacial score (nSPS) is 15.4. The highest BCUT2D eigenvalue weighted by Crippen LogP contribution is 2.38. The first-order chi connectivity index (χ1) is 17.0. The molecule has 7 heteroatoms. The molecule has 1 atom stereocenters. The molecule has 4 aromatic rings. The number of rotatable bonds is 8. The minimum atomic E-state index is -0.536. The molecule has 0 fully saturated rings. The molecule has 5 rings (SSSR count). The molecule has 0 spiro atoms. The summed E-state index contributed by atoms with van der Waals surface area (Å²) in [4.78, 5) is 17.2. The van der Waals surface area contributed by atoms with Crippen molar-refractivity contribution in [1.29, 1.82) is 0 Å². The number of fused-ring (bicyclic) bond motifs is 2. The molecular formula is C28H29ClN4O2. The highest BCUT2D eigenvalue weighted by atomic mass is 35.5. The Morgan fingerprint density at radius 1 is 1.29 bits per heavy atom. The molecule has 0 bridgehead atoms. The lowest BCUT2D eigenvalue weighted by Crippen LogP contribution is -2.29. The van der Waals surface area contributed by atoms with Crippen LogP contribution in [0.15, 0.2) is 67.0 Å². The second kappa shape index (κ2) is 10.1. The van der Waals surface area contributed by atoms with Gasteiger partial charge in [-0.3, -0.25) is 14.9 Å². The van der Waals surface area contributed by atoms with Crippen LogP contribution >= 0.6 is 11.6 Å². The maximum Gasteiger partial charge on any atom is 0.267 e. The number of halogens is 1. The molecule has 0 radical (unpaired) electrons. The average Bonchev–Trinajstić information content (AvgIpc) is 3.57. The van der Waals surface area contributed by atoms with Gasteiger partial charge in [-0.15, -0.1) is 0 Å². The third-order valence-electron chi connectivity index (χ3n) is 6.98. The number of carbonyl (C=O) groups is 1. The second-order valence-corrected chi connectivity index (χ2v) is 9.54. The topological polar surface area (TPSA) is 73.3 Å². The van der Waals surface area contributed by atoms with E-state index in [-0.39, 0.29) is 6.04 Å². The molecule has 0 saturated heterocycles. The summed E-state index contributed by atoms with van der Waals surface area (Å²) in [6, 6.07) is 17.1. The van der Waals surface area contributed by atoms with Crippen molar-refractivity contribution in [2.75, 3.05) is 6.54 Å². The SMILES string of the molecule is Cn1cc(CCN(Cc2[nH]ccc2Cl)C2CCc3cc(/C=C/C(=O)NO)ccc32)c2ccccc21. The van der Waals surface area contributed by atoms with Crippen LogP contribution in [0.4, 0.5) is 0 Å². The van der Waals surface area contributed by atoms with Crippen molar-refractivity contribution < 1.29 is 10.0 Å². The average molecular weight is 489 g/mol. The van der Waals surface area contributed by atoms with Gasteiger partial charge in [0.2, 0.25) is 0 Å². The van der Waals surface area contributed by atoms with E-state index in [0.29, 0.717) is 0 Å². The van der Waals surface area contributed by atoms with Crippen molar-refractivity contribution in [3.8, 4) is 0 Å². The largest absolute Gasteiger partial charge is 0.363 e. The first kappa shape index (κ1) is 23.4. The van der Waals surface area contributed by atoms with E-state index in [1.807, 2.05) is 18.3 Å². The van der Waals surface area contributed by atoms with Crippen molar-refractivity contribution in [2.45, 2.75) is 31.8 Å². The molecule has 1 unspecified atom stereocenters. The van der Waals surface area contributed by atoms with E-state index in [4.69, 9.17) is 16.8 Å². The molecule has 0 aliphatic heterocycles. The van der Waals surface area contributed by atoms with Crippen molar-refractivity contribution in [3.05, 3.63) is 100.0 Å². The summed E-state index contributed by atoms with van der Waals surface area (Å²) in [7, 11) is 2.10. The molecule has 2 aromatic carbocycles. The van der Waals surface area contributed by atoms with Crippen molar-refractivity contribution in [1.82, 2.24) is 19.9 Å². The molecule has 2 aromatic heterocycles. The van der Waals surface area contributed by atoms with Crippen LogP contribution in [0.1, 0.15) is 40.4 Å². The van der Waals surface area contributed by atoms with E-state index in [0.717, 1.165) is 48.6 Å². The summed E-state index contributed by atoms with van der Waals surface area (Å²) in [5.41, 5.74) is 8.84. The monoisotopic (exact) mass is 488 g/mol. The van der Waals surface area contributed by atoms with Crippen LogP contribution in [0.5, 0.6) is 0 Å². The Labute approximate surface area is 209 Å². The Hall–Kier alpha value is -3.32. The van der Waals surface area contributed by atoms with Gasteiger partial charge in [0.15, 0.2) is 0 Å². The third kappa shape index (κ3) is 4.91. The first-order valence-electron chi connectivity index (χ1n) is 11.9. The number of H-pyrrole nitrogens is 1. The van der Waals surface area contributed by atoms with Gasteiger partial charge in [-0.2, -0.15) is 0 Å². The van der Waals surface area contributed by atoms with E-state index in [1.54, 1.807) is 11.6 Å². The molecule has 35 heavy (non-hydrogen) atoms. The fourth-order valence-electron chi connectivity index (χ4n) is 5.25. The highest BCUT2D eigenvalue weighted by Gasteiger charge is 2.29. The van der Waals surface area contributed by atoms with Gasteiger partial charge in [0.1, 0.15) is 0 Å². The number of carbonyl (C=O) groups excluding carboxylic acids is 1. The number of aromatic nitrogens is 2. The summed E-state index contributed by atoms with van der Waals surface area (Å²) >= 11 is 6.46. The molecule has 0 saturated carbocycles. The smallest absolute Gasteiger partial charge is 0.267 e. The fourth-order valence-corrected chi connectivity index (χ4v) is 5.43. The minimum absolute atomic E-state index is 0.290. The molecule has 180 valence electrons. The summed E-state index contributed by atoms with van der Waals surface area (Å²) in [5, 5.41) is 10.8. The standard InChI is InChI=1S/C28H29ClN4O2/c1-32-17-21(22-4-2-3-5-26(22)32)13-15-33(18-25-24(29)12-14-30-25)27-10-8-20-16-19(6-9-23(20)27)7-11-28(34)31-35/h2-7,9,11-12,14,16-17,27,30,35H,8,10,13,15,18H2,1H3,(H,31,34)/b11-7+. The Morgan fingerprint density at radius 3 is 2.94 bits per heavy atom. The van der Waals surface area contributed by atoms with Crippen LogP contribution in [0, 0.1) is 0 Å². The van der Waals surface area contributed by atoms with Gasteiger partial charge >= 0.3 is 0 Å². The molecule has 1 aliphatic rings. The Balaban J connectivity index is 1.40. The molecule has 2 heterocycles. The van der Waals surface area contributed by atoms with Gasteiger partial charge in [0.25, 0.3) is 5.91 Å². The van der Waals surface area contributed by atoms with Gasteiger partial charge in [-0.05, 0) is 59.7 Å². The number of benzene rings is 2. The zero-order chi connectivity index (χ0) is 24.4. The van der Waals surface area contributed by atoms with E-state index < -0.39 is 5.91 Å². The van der Waals surface area contributed by atoms with Crippen LogP contribution in [-0.4, -0.2) is 32.1 Å². The van der Waals surface area contributed by atoms with Crippen LogP contribution in [0.2, 0.25) is 5.02 Å². The second-order valence-electron chi connectivity index (χ2n) is 9.13. The Morgan fingerprint density at radius 2 is 2.14 bits per heavy atom. The quantitative estimate of drug-likeness (QED) is 0.176. The number of nitrogens with one attached hydrogen (secondary N) is 2. The van der Waals surface area contributed by atoms with Gasteiger partial charge in [-0.25, -0.2) is 5.48 Å². The number of hydroxylamine groups is 1. The molecule has 1 amide bonds. The van der Waals surface area contributed by atoms with Gasteiger partial charge < -0.3 is 9.55 Å². The van der Waals surface area contributed by atoms with Crippen LogP contribution in [0.25, 0.3) is 17.0 Å².